The van der Waals surface area contributed by atoms with Crippen molar-refractivity contribution in [2.75, 3.05) is 14.2 Å². The van der Waals surface area contributed by atoms with Gasteiger partial charge in [-0.2, -0.15) is 0 Å². The van der Waals surface area contributed by atoms with Crippen LogP contribution in [0.4, 0.5) is 4.79 Å². The molecule has 1 aromatic rings. The molecule has 0 aliphatic rings. The second-order valence-electron chi connectivity index (χ2n) is 4.74. The number of ether oxygens (including phenoxy) is 3. The third-order valence-corrected chi connectivity index (χ3v) is 2.69. The number of hydrogen-bond acceptors (Lipinski definition) is 5. The van der Waals surface area contributed by atoms with E-state index in [0.717, 1.165) is 0 Å². The summed E-state index contributed by atoms with van der Waals surface area (Å²) in [6.45, 7) is 7.58. The van der Waals surface area contributed by atoms with Crippen molar-refractivity contribution in [2.45, 2.75) is 39.8 Å². The molecule has 0 aliphatic carbocycles. The summed E-state index contributed by atoms with van der Waals surface area (Å²) < 4.78 is 23.4. The van der Waals surface area contributed by atoms with Crippen LogP contribution in [-0.4, -0.2) is 42.3 Å². The zero-order valence-electron chi connectivity index (χ0n) is 13.8. The van der Waals surface area contributed by atoms with E-state index < -0.39 is 6.09 Å². The molecule has 0 unspecified atom stereocenters. The van der Waals surface area contributed by atoms with Gasteiger partial charge in [0.25, 0.3) is 5.88 Å². The average Bonchev–Trinajstić information content (AvgIpc) is 2.39. The number of rotatable bonds is 5. The number of pyridine rings is 1. The molecule has 0 spiro atoms. The van der Waals surface area contributed by atoms with Gasteiger partial charge in [0, 0.05) is 24.3 Å². The van der Waals surface area contributed by atoms with Crippen molar-refractivity contribution in [3.63, 3.8) is 0 Å². The first kappa shape index (κ1) is 14.4. The predicted octanol–water partition coefficient (Wildman–Crippen LogP) is 2.72. The summed E-state index contributed by atoms with van der Waals surface area (Å²) in [7, 11) is 2.83. The Labute approximate surface area is 121 Å². The number of amides is 1. The zero-order valence-corrected chi connectivity index (χ0v) is 12.8. The number of hydrogen-bond donors (Lipinski definition) is 0. The van der Waals surface area contributed by atoms with E-state index in [9.17, 15) is 4.79 Å². The summed E-state index contributed by atoms with van der Waals surface area (Å²) in [5, 5.41) is 0. The Morgan fingerprint density at radius 2 is 1.85 bits per heavy atom. The molecule has 0 N–H and O–H groups in total. The minimum absolute atomic E-state index is 0.000602. The fourth-order valence-corrected chi connectivity index (χ4v) is 1.93. The lowest BCUT2D eigenvalue weighted by atomic mass is 10.2. The molecule has 112 valence electrons. The third kappa shape index (κ3) is 3.53. The molecular formula is C14H22N2O4. The highest BCUT2D eigenvalue weighted by Crippen LogP contribution is 2.35. The van der Waals surface area contributed by atoms with Crippen molar-refractivity contribution < 1.29 is 20.4 Å². The van der Waals surface area contributed by atoms with Gasteiger partial charge in [0.05, 0.1) is 15.6 Å². The standard InChI is InChI=1S/C14H22N2O4/c1-9(2)16(10(3)4)14(17)20-11-7-8-15-13(19-6)12(11)18-5/h7-10H,1-6H3/i7D. The van der Waals surface area contributed by atoms with Gasteiger partial charge in [-0.3, -0.25) is 0 Å². The highest BCUT2D eigenvalue weighted by molar-refractivity contribution is 5.72. The van der Waals surface area contributed by atoms with Crippen molar-refractivity contribution in [1.82, 2.24) is 9.88 Å². The van der Waals surface area contributed by atoms with E-state index in [-0.39, 0.29) is 35.5 Å². The molecule has 1 aromatic heterocycles. The van der Waals surface area contributed by atoms with Crippen molar-refractivity contribution in [1.29, 1.82) is 0 Å². The SMILES string of the molecule is [2H]c1cnc(OC)c(OC)c1OC(=O)N(C(C)C)C(C)C. The van der Waals surface area contributed by atoms with Crippen molar-refractivity contribution in [3.8, 4) is 17.4 Å². The van der Waals surface area contributed by atoms with E-state index in [0.29, 0.717) is 0 Å². The molecule has 1 rings (SSSR count). The van der Waals surface area contributed by atoms with Gasteiger partial charge < -0.3 is 19.1 Å². The van der Waals surface area contributed by atoms with Gasteiger partial charge in [-0.1, -0.05) is 0 Å². The van der Waals surface area contributed by atoms with Crippen molar-refractivity contribution in [2.24, 2.45) is 0 Å². The van der Waals surface area contributed by atoms with Gasteiger partial charge >= 0.3 is 6.09 Å². The number of aromatic nitrogens is 1. The highest BCUT2D eigenvalue weighted by atomic mass is 16.6. The fraction of sp³-hybridized carbons (Fsp3) is 0.571. The summed E-state index contributed by atoms with van der Waals surface area (Å²) in [6, 6.07) is -0.101. The van der Waals surface area contributed by atoms with Crippen LogP contribution >= 0.6 is 0 Å². The Hall–Kier alpha value is -1.98. The molecule has 6 heteroatoms. The van der Waals surface area contributed by atoms with Crippen LogP contribution in [0, 0.1) is 0 Å². The molecule has 0 atom stereocenters. The van der Waals surface area contributed by atoms with Crippen molar-refractivity contribution >= 4 is 6.09 Å². The Morgan fingerprint density at radius 3 is 2.30 bits per heavy atom. The van der Waals surface area contributed by atoms with Crippen LogP contribution in [0.15, 0.2) is 12.2 Å². The predicted molar refractivity (Wildman–Crippen MR) is 75.5 cm³/mol. The topological polar surface area (TPSA) is 60.9 Å². The molecule has 0 radical (unpaired) electrons. The van der Waals surface area contributed by atoms with Crippen LogP contribution in [0.25, 0.3) is 0 Å². The lowest BCUT2D eigenvalue weighted by molar-refractivity contribution is 0.121. The molecule has 0 saturated heterocycles. The number of carbonyl (C=O) groups excluding carboxylic acids is 1. The van der Waals surface area contributed by atoms with E-state index >= 15 is 0 Å². The lowest BCUT2D eigenvalue weighted by Gasteiger charge is -2.29. The number of carbonyl (C=O) groups is 1. The summed E-state index contributed by atoms with van der Waals surface area (Å²) in [4.78, 5) is 17.8. The molecular weight excluding hydrogens is 260 g/mol. The van der Waals surface area contributed by atoms with E-state index in [1.807, 2.05) is 27.7 Å². The summed E-state index contributed by atoms with van der Waals surface area (Å²) >= 11 is 0. The average molecular weight is 283 g/mol. The first-order chi connectivity index (χ1) is 9.83. The Morgan fingerprint density at radius 1 is 1.25 bits per heavy atom. The van der Waals surface area contributed by atoms with Crippen LogP contribution in [0.5, 0.6) is 17.4 Å². The lowest BCUT2D eigenvalue weighted by Crippen LogP contribution is -2.43. The number of nitrogens with zero attached hydrogens (tertiary/aromatic N) is 2. The molecule has 0 saturated carbocycles. The molecule has 0 bridgehead atoms. The maximum atomic E-state index is 12.3. The van der Waals surface area contributed by atoms with Gasteiger partial charge in [0.1, 0.15) is 0 Å². The van der Waals surface area contributed by atoms with E-state index in [1.165, 1.54) is 20.4 Å². The largest absolute Gasteiger partial charge is 0.489 e. The second kappa shape index (κ2) is 6.98. The number of methoxy groups -OCH3 is 2. The normalized spacial score (nSPS) is 11.3. The maximum absolute atomic E-state index is 12.3. The first-order valence-corrected chi connectivity index (χ1v) is 6.41. The van der Waals surface area contributed by atoms with Crippen molar-refractivity contribution in [3.05, 3.63) is 12.2 Å². The minimum atomic E-state index is -0.542. The van der Waals surface area contributed by atoms with Crippen LogP contribution in [0.3, 0.4) is 0 Å². The van der Waals surface area contributed by atoms with E-state index in [2.05, 4.69) is 4.98 Å². The fourth-order valence-electron chi connectivity index (χ4n) is 1.93. The minimum Gasteiger partial charge on any atom is -0.489 e. The molecule has 0 aromatic carbocycles. The third-order valence-electron chi connectivity index (χ3n) is 2.69. The zero-order chi connectivity index (χ0) is 16.2. The molecule has 0 aliphatic heterocycles. The summed E-state index contributed by atoms with van der Waals surface area (Å²) in [5.41, 5.74) is 0. The van der Waals surface area contributed by atoms with Gasteiger partial charge in [0.15, 0.2) is 5.75 Å². The maximum Gasteiger partial charge on any atom is 0.415 e. The molecule has 20 heavy (non-hydrogen) atoms. The summed E-state index contributed by atoms with van der Waals surface area (Å²) in [5.74, 6) is 0.295. The van der Waals surface area contributed by atoms with Crippen LogP contribution in [0.2, 0.25) is 0 Å². The smallest absolute Gasteiger partial charge is 0.415 e. The van der Waals surface area contributed by atoms with Crippen LogP contribution in [0.1, 0.15) is 29.1 Å². The Balaban J connectivity index is 3.15. The summed E-state index contributed by atoms with van der Waals surface area (Å²) in [6.07, 6.45) is 0.707. The van der Waals surface area contributed by atoms with Gasteiger partial charge in [0.2, 0.25) is 5.75 Å². The Bertz CT molecular complexity index is 498. The van der Waals surface area contributed by atoms with Crippen LogP contribution < -0.4 is 14.2 Å². The van der Waals surface area contributed by atoms with Gasteiger partial charge in [-0.25, -0.2) is 9.78 Å². The first-order valence-electron chi connectivity index (χ1n) is 6.91. The van der Waals surface area contributed by atoms with Gasteiger partial charge in [-0.15, -0.1) is 0 Å². The van der Waals surface area contributed by atoms with E-state index in [1.54, 1.807) is 4.90 Å². The molecule has 1 amide bonds. The highest BCUT2D eigenvalue weighted by Gasteiger charge is 2.24. The Kier molecular flexibility index (Phi) is 5.03. The van der Waals surface area contributed by atoms with Crippen LogP contribution in [-0.2, 0) is 0 Å². The van der Waals surface area contributed by atoms with E-state index in [4.69, 9.17) is 15.6 Å². The van der Waals surface area contributed by atoms with Gasteiger partial charge in [-0.05, 0) is 27.7 Å². The molecule has 6 nitrogen and oxygen atoms in total. The second-order valence-corrected chi connectivity index (χ2v) is 4.74. The molecule has 1 heterocycles. The monoisotopic (exact) mass is 283 g/mol. The molecule has 0 fully saturated rings. The quantitative estimate of drug-likeness (QED) is 0.831.